The van der Waals surface area contributed by atoms with Crippen LogP contribution in [-0.4, -0.2) is 50.6 Å². The Bertz CT molecular complexity index is 656. The van der Waals surface area contributed by atoms with Crippen LogP contribution in [0.25, 0.3) is 0 Å². The Hall–Kier alpha value is -1.76. The smallest absolute Gasteiger partial charge is 0.225 e. The first kappa shape index (κ1) is 21.5. The van der Waals surface area contributed by atoms with Crippen molar-refractivity contribution in [3.05, 3.63) is 28.7 Å². The van der Waals surface area contributed by atoms with Gasteiger partial charge in [0.1, 0.15) is 0 Å². The minimum atomic E-state index is -0.370. The van der Waals surface area contributed by atoms with Crippen molar-refractivity contribution < 1.29 is 4.79 Å². The van der Waals surface area contributed by atoms with E-state index in [-0.39, 0.29) is 11.3 Å². The molecular weight excluding hydrogens is 406 g/mol. The largest absolute Gasteiger partial charge is 0.368 e. The molecule has 0 spiro atoms. The Kier molecular flexibility index (Phi) is 7.95. The van der Waals surface area contributed by atoms with Gasteiger partial charge in [-0.2, -0.15) is 0 Å². The van der Waals surface area contributed by atoms with Crippen molar-refractivity contribution in [3.63, 3.8) is 0 Å². The zero-order chi connectivity index (χ0) is 19.9. The Morgan fingerprint density at radius 3 is 2.70 bits per heavy atom. The van der Waals surface area contributed by atoms with E-state index in [0.29, 0.717) is 19.1 Å². The van der Waals surface area contributed by atoms with Gasteiger partial charge < -0.3 is 20.9 Å². The fourth-order valence-electron chi connectivity index (χ4n) is 2.92. The van der Waals surface area contributed by atoms with E-state index in [9.17, 15) is 4.79 Å². The molecule has 0 radical (unpaired) electrons. The fraction of sp³-hybridized carbons (Fsp3) is 0.600. The van der Waals surface area contributed by atoms with E-state index in [1.54, 1.807) is 0 Å². The van der Waals surface area contributed by atoms with Crippen LogP contribution in [-0.2, 0) is 4.79 Å². The van der Waals surface area contributed by atoms with E-state index in [1.807, 2.05) is 26.8 Å². The molecule has 150 valence electrons. The third-order valence-electron chi connectivity index (χ3n) is 4.41. The van der Waals surface area contributed by atoms with Crippen molar-refractivity contribution in [2.75, 3.05) is 37.6 Å². The van der Waals surface area contributed by atoms with Gasteiger partial charge in [0.2, 0.25) is 5.91 Å². The molecule has 3 N–H and O–H groups in total. The van der Waals surface area contributed by atoms with Gasteiger partial charge in [0.15, 0.2) is 5.96 Å². The number of hydrogen-bond acceptors (Lipinski definition) is 3. The van der Waals surface area contributed by atoms with Crippen LogP contribution in [0, 0.1) is 5.41 Å². The number of carbonyl (C=O) groups is 1. The van der Waals surface area contributed by atoms with Crippen molar-refractivity contribution >= 4 is 33.5 Å². The number of rotatable bonds is 6. The zero-order valence-corrected chi connectivity index (χ0v) is 18.4. The van der Waals surface area contributed by atoms with Crippen LogP contribution >= 0.6 is 15.9 Å². The molecule has 27 heavy (non-hydrogen) atoms. The van der Waals surface area contributed by atoms with Crippen LogP contribution in [0.5, 0.6) is 0 Å². The number of guanidine groups is 1. The van der Waals surface area contributed by atoms with Crippen LogP contribution in [0.15, 0.2) is 33.7 Å². The first-order chi connectivity index (χ1) is 12.8. The molecule has 0 bridgehead atoms. The number of benzene rings is 1. The Balaban J connectivity index is 1.85. The molecule has 0 aromatic heterocycles. The van der Waals surface area contributed by atoms with Crippen LogP contribution in [0.3, 0.4) is 0 Å². The van der Waals surface area contributed by atoms with E-state index in [1.165, 1.54) is 5.69 Å². The molecule has 1 fully saturated rings. The number of anilines is 1. The minimum absolute atomic E-state index is 0.0514. The third-order valence-corrected chi connectivity index (χ3v) is 5.09. The van der Waals surface area contributed by atoms with E-state index in [2.05, 4.69) is 66.9 Å². The monoisotopic (exact) mass is 437 g/mol. The second-order valence-electron chi connectivity index (χ2n) is 7.79. The summed E-state index contributed by atoms with van der Waals surface area (Å²) in [6.07, 6.45) is 1.06. The Labute approximate surface area is 171 Å². The quantitative estimate of drug-likeness (QED) is 0.363. The minimum Gasteiger partial charge on any atom is -0.368 e. The normalized spacial score (nSPS) is 17.7. The van der Waals surface area contributed by atoms with E-state index >= 15 is 0 Å². The van der Waals surface area contributed by atoms with Crippen molar-refractivity contribution in [3.8, 4) is 0 Å². The molecule has 1 aliphatic rings. The van der Waals surface area contributed by atoms with Gasteiger partial charge in [0, 0.05) is 42.1 Å². The number of aliphatic imine (C=N–C) groups is 1. The average Bonchev–Trinajstić information content (AvgIpc) is 3.06. The summed E-state index contributed by atoms with van der Waals surface area (Å²) in [6.45, 7) is 11.6. The highest BCUT2D eigenvalue weighted by atomic mass is 79.9. The Morgan fingerprint density at radius 2 is 2.04 bits per heavy atom. The molecular formula is C20H32BrN5O. The van der Waals surface area contributed by atoms with Crippen LogP contribution < -0.4 is 20.9 Å². The molecule has 1 aromatic rings. The molecule has 1 heterocycles. The molecule has 1 unspecified atom stereocenters. The van der Waals surface area contributed by atoms with Gasteiger partial charge in [-0.05, 0) is 41.4 Å². The highest BCUT2D eigenvalue weighted by Crippen LogP contribution is 2.28. The lowest BCUT2D eigenvalue weighted by Crippen LogP contribution is -2.45. The standard InChI is InChI=1S/C20H32BrN5O/c1-5-22-19(24-12-11-23-18(27)20(2,3)4)25-15-10-13-26(14-15)17-9-7-6-8-16(17)21/h6-9,15H,5,10-14H2,1-4H3,(H,23,27)(H2,22,24,25). The summed E-state index contributed by atoms with van der Waals surface area (Å²) < 4.78 is 1.13. The number of para-hydroxylation sites is 1. The van der Waals surface area contributed by atoms with Crippen LogP contribution in [0.2, 0.25) is 0 Å². The second-order valence-corrected chi connectivity index (χ2v) is 8.65. The summed E-state index contributed by atoms with van der Waals surface area (Å²) in [7, 11) is 0. The van der Waals surface area contributed by atoms with Crippen molar-refractivity contribution in [1.82, 2.24) is 16.0 Å². The highest BCUT2D eigenvalue weighted by molar-refractivity contribution is 9.10. The highest BCUT2D eigenvalue weighted by Gasteiger charge is 2.24. The van der Waals surface area contributed by atoms with Gasteiger partial charge in [-0.1, -0.05) is 32.9 Å². The summed E-state index contributed by atoms with van der Waals surface area (Å²) in [5.41, 5.74) is 0.861. The first-order valence-electron chi connectivity index (χ1n) is 9.64. The van der Waals surface area contributed by atoms with E-state index in [0.717, 1.165) is 36.5 Å². The molecule has 0 aliphatic carbocycles. The third kappa shape index (κ3) is 6.72. The molecule has 6 nitrogen and oxygen atoms in total. The van der Waals surface area contributed by atoms with Gasteiger partial charge in [-0.15, -0.1) is 0 Å². The van der Waals surface area contributed by atoms with Crippen LogP contribution in [0.4, 0.5) is 5.69 Å². The Morgan fingerprint density at radius 1 is 1.30 bits per heavy atom. The van der Waals surface area contributed by atoms with Crippen LogP contribution in [0.1, 0.15) is 34.1 Å². The molecule has 1 aliphatic heterocycles. The predicted octanol–water partition coefficient (Wildman–Crippen LogP) is 2.75. The summed E-state index contributed by atoms with van der Waals surface area (Å²) >= 11 is 3.64. The van der Waals surface area contributed by atoms with Gasteiger partial charge in [0.05, 0.1) is 12.2 Å². The van der Waals surface area contributed by atoms with E-state index in [4.69, 9.17) is 0 Å². The molecule has 1 aromatic carbocycles. The lowest BCUT2D eigenvalue weighted by molar-refractivity contribution is -0.128. The van der Waals surface area contributed by atoms with Gasteiger partial charge >= 0.3 is 0 Å². The number of nitrogens with zero attached hydrogens (tertiary/aromatic N) is 2. The number of halogens is 1. The van der Waals surface area contributed by atoms with Gasteiger partial charge in [-0.25, -0.2) is 0 Å². The molecule has 2 rings (SSSR count). The number of hydrogen-bond donors (Lipinski definition) is 3. The molecule has 0 saturated carbocycles. The second kappa shape index (κ2) is 9.97. The van der Waals surface area contributed by atoms with Gasteiger partial charge in [-0.3, -0.25) is 9.79 Å². The summed E-state index contributed by atoms with van der Waals surface area (Å²) in [6, 6.07) is 8.67. The molecule has 1 atom stereocenters. The maximum atomic E-state index is 11.9. The summed E-state index contributed by atoms with van der Waals surface area (Å²) in [5, 5.41) is 9.75. The fourth-order valence-corrected chi connectivity index (χ4v) is 3.46. The summed E-state index contributed by atoms with van der Waals surface area (Å²) in [5.74, 6) is 0.858. The number of nitrogens with one attached hydrogen (secondary N) is 3. The maximum Gasteiger partial charge on any atom is 0.225 e. The topological polar surface area (TPSA) is 68.8 Å². The SMILES string of the molecule is CCNC(=NCCNC(=O)C(C)(C)C)NC1CCN(c2ccccc2Br)C1. The molecule has 1 amide bonds. The van der Waals surface area contributed by atoms with Crippen molar-refractivity contribution in [2.24, 2.45) is 10.4 Å². The number of carbonyl (C=O) groups excluding carboxylic acids is 1. The lowest BCUT2D eigenvalue weighted by Gasteiger charge is -2.21. The number of amides is 1. The molecule has 7 heteroatoms. The first-order valence-corrected chi connectivity index (χ1v) is 10.4. The maximum absolute atomic E-state index is 11.9. The lowest BCUT2D eigenvalue weighted by atomic mass is 9.96. The predicted molar refractivity (Wildman–Crippen MR) is 116 cm³/mol. The zero-order valence-electron chi connectivity index (χ0n) is 16.8. The van der Waals surface area contributed by atoms with Gasteiger partial charge in [0.25, 0.3) is 0 Å². The average molecular weight is 438 g/mol. The molecule has 1 saturated heterocycles. The van der Waals surface area contributed by atoms with Crippen molar-refractivity contribution in [2.45, 2.75) is 40.2 Å². The summed E-state index contributed by atoms with van der Waals surface area (Å²) in [4.78, 5) is 18.9. The van der Waals surface area contributed by atoms with Crippen molar-refractivity contribution in [1.29, 1.82) is 0 Å². The van der Waals surface area contributed by atoms with E-state index < -0.39 is 0 Å².